The van der Waals surface area contributed by atoms with Crippen LogP contribution in [-0.2, 0) is 9.59 Å². The summed E-state index contributed by atoms with van der Waals surface area (Å²) in [7, 11) is 2.10. The van der Waals surface area contributed by atoms with Crippen LogP contribution in [0.15, 0.2) is 24.3 Å². The summed E-state index contributed by atoms with van der Waals surface area (Å²) < 4.78 is 13.2. The molecule has 0 saturated carbocycles. The first kappa shape index (κ1) is 21.2. The largest absolute Gasteiger partial charge is 0.338 e. The number of anilines is 3. The van der Waals surface area contributed by atoms with Gasteiger partial charge in [0.2, 0.25) is 17.8 Å². The predicted octanol–water partition coefficient (Wildman–Crippen LogP) is 1.98. The number of rotatable bonds is 4. The number of likely N-dealkylation sites (N-methyl/N-ethyl adjacent to an activating group) is 1. The third-order valence-corrected chi connectivity index (χ3v) is 5.93. The van der Waals surface area contributed by atoms with E-state index in [0.717, 1.165) is 26.2 Å². The Morgan fingerprint density at radius 3 is 2.29 bits per heavy atom. The topological polar surface area (TPSA) is 81.7 Å². The van der Waals surface area contributed by atoms with E-state index in [9.17, 15) is 14.0 Å². The van der Waals surface area contributed by atoms with E-state index in [1.54, 1.807) is 12.1 Å². The first-order valence-corrected chi connectivity index (χ1v) is 10.5. The molecule has 1 aromatic carbocycles. The van der Waals surface area contributed by atoms with Gasteiger partial charge in [0.05, 0.1) is 23.0 Å². The van der Waals surface area contributed by atoms with Gasteiger partial charge in [0.15, 0.2) is 0 Å². The van der Waals surface area contributed by atoms with Gasteiger partial charge < -0.3 is 20.0 Å². The van der Waals surface area contributed by atoms with Crippen molar-refractivity contribution in [2.45, 2.75) is 20.3 Å². The molecule has 164 valence electrons. The number of amides is 2. The molecular formula is C22H27FN6O2. The van der Waals surface area contributed by atoms with Gasteiger partial charge in [-0.2, -0.15) is 0 Å². The van der Waals surface area contributed by atoms with Gasteiger partial charge in [-0.15, -0.1) is 0 Å². The summed E-state index contributed by atoms with van der Waals surface area (Å²) in [6, 6.07) is 5.71. The lowest BCUT2D eigenvalue weighted by molar-refractivity contribution is -0.122. The minimum absolute atomic E-state index is 0.113. The van der Waals surface area contributed by atoms with Crippen LogP contribution >= 0.6 is 0 Å². The Labute approximate surface area is 181 Å². The number of nitrogens with one attached hydrogen (secondary N) is 1. The van der Waals surface area contributed by atoms with Crippen molar-refractivity contribution in [2.75, 3.05) is 54.9 Å². The van der Waals surface area contributed by atoms with Crippen LogP contribution in [-0.4, -0.2) is 66.5 Å². The molecular weight excluding hydrogens is 399 g/mol. The fourth-order valence-corrected chi connectivity index (χ4v) is 4.01. The molecule has 2 aromatic rings. The van der Waals surface area contributed by atoms with Gasteiger partial charge in [0.1, 0.15) is 5.82 Å². The standard InChI is InChI=1S/C22H27FN6O2/c1-14-20(15(2)25-22(24-14)28-10-8-27(3)9-11-28)26-21(31)16-12-19(30)29(13-16)18-6-4-17(23)5-7-18/h4-7,16H,8-13H2,1-3H3,(H,26,31). The molecule has 2 fully saturated rings. The summed E-state index contributed by atoms with van der Waals surface area (Å²) in [6.07, 6.45) is 0.113. The number of nitrogens with zero attached hydrogens (tertiary/aromatic N) is 5. The predicted molar refractivity (Wildman–Crippen MR) is 117 cm³/mol. The molecule has 0 radical (unpaired) electrons. The minimum atomic E-state index is -0.492. The third-order valence-electron chi connectivity index (χ3n) is 5.93. The molecule has 3 heterocycles. The van der Waals surface area contributed by atoms with Gasteiger partial charge in [-0.1, -0.05) is 0 Å². The Morgan fingerprint density at radius 1 is 1.06 bits per heavy atom. The van der Waals surface area contributed by atoms with E-state index in [0.29, 0.717) is 28.7 Å². The summed E-state index contributed by atoms with van der Waals surface area (Å²) >= 11 is 0. The normalized spacial score (nSPS) is 19.7. The molecule has 1 atom stereocenters. The van der Waals surface area contributed by atoms with Gasteiger partial charge >= 0.3 is 0 Å². The zero-order valence-electron chi connectivity index (χ0n) is 18.1. The summed E-state index contributed by atoms with van der Waals surface area (Å²) in [5.41, 5.74) is 2.59. The molecule has 2 amide bonds. The molecule has 1 aromatic heterocycles. The van der Waals surface area contributed by atoms with Crippen LogP contribution < -0.4 is 15.1 Å². The molecule has 31 heavy (non-hydrogen) atoms. The van der Waals surface area contributed by atoms with Crippen molar-refractivity contribution in [3.63, 3.8) is 0 Å². The van der Waals surface area contributed by atoms with E-state index in [1.807, 2.05) is 13.8 Å². The second kappa shape index (κ2) is 8.58. The summed E-state index contributed by atoms with van der Waals surface area (Å²) in [4.78, 5) is 40.5. The maximum atomic E-state index is 13.2. The first-order chi connectivity index (χ1) is 14.8. The molecule has 0 aliphatic carbocycles. The van der Waals surface area contributed by atoms with E-state index in [4.69, 9.17) is 0 Å². The molecule has 1 unspecified atom stereocenters. The second-order valence-electron chi connectivity index (χ2n) is 8.23. The van der Waals surface area contributed by atoms with Crippen LogP contribution in [0.3, 0.4) is 0 Å². The summed E-state index contributed by atoms with van der Waals surface area (Å²) in [6.45, 7) is 7.62. The Bertz CT molecular complexity index is 965. The van der Waals surface area contributed by atoms with Crippen molar-refractivity contribution < 1.29 is 14.0 Å². The van der Waals surface area contributed by atoms with Crippen LogP contribution in [0.5, 0.6) is 0 Å². The number of carbonyl (C=O) groups is 2. The minimum Gasteiger partial charge on any atom is -0.338 e. The average Bonchev–Trinajstić information content (AvgIpc) is 3.13. The zero-order chi connectivity index (χ0) is 22.1. The lowest BCUT2D eigenvalue weighted by atomic mass is 10.1. The van der Waals surface area contributed by atoms with Crippen molar-refractivity contribution in [1.29, 1.82) is 0 Å². The van der Waals surface area contributed by atoms with E-state index in [2.05, 4.69) is 32.1 Å². The number of carbonyl (C=O) groups excluding carboxylic acids is 2. The molecule has 9 heteroatoms. The lowest BCUT2D eigenvalue weighted by Crippen LogP contribution is -2.45. The molecule has 1 N–H and O–H groups in total. The number of halogens is 1. The Kier molecular flexibility index (Phi) is 5.86. The number of hydrogen-bond acceptors (Lipinski definition) is 6. The Hall–Kier alpha value is -3.07. The van der Waals surface area contributed by atoms with Crippen LogP contribution in [0.25, 0.3) is 0 Å². The average molecular weight is 426 g/mol. The van der Waals surface area contributed by atoms with E-state index in [1.165, 1.54) is 17.0 Å². The maximum Gasteiger partial charge on any atom is 0.229 e. The van der Waals surface area contributed by atoms with Gasteiger partial charge in [0, 0.05) is 44.8 Å². The molecule has 2 aliphatic heterocycles. The Morgan fingerprint density at radius 2 is 1.68 bits per heavy atom. The lowest BCUT2D eigenvalue weighted by Gasteiger charge is -2.32. The molecule has 8 nitrogen and oxygen atoms in total. The van der Waals surface area contributed by atoms with Crippen molar-refractivity contribution in [3.8, 4) is 0 Å². The molecule has 2 aliphatic rings. The first-order valence-electron chi connectivity index (χ1n) is 10.5. The van der Waals surface area contributed by atoms with E-state index >= 15 is 0 Å². The zero-order valence-corrected chi connectivity index (χ0v) is 18.1. The number of aryl methyl sites for hydroxylation is 2. The highest BCUT2D eigenvalue weighted by Gasteiger charge is 2.35. The number of aromatic nitrogens is 2. The summed E-state index contributed by atoms with van der Waals surface area (Å²) in [5, 5.41) is 2.93. The maximum absolute atomic E-state index is 13.2. The fourth-order valence-electron chi connectivity index (χ4n) is 4.01. The van der Waals surface area contributed by atoms with Crippen molar-refractivity contribution in [1.82, 2.24) is 14.9 Å². The quantitative estimate of drug-likeness (QED) is 0.805. The highest BCUT2D eigenvalue weighted by Crippen LogP contribution is 2.27. The SMILES string of the molecule is Cc1nc(N2CCN(C)CC2)nc(C)c1NC(=O)C1CC(=O)N(c2ccc(F)cc2)C1. The molecule has 0 bridgehead atoms. The van der Waals surface area contributed by atoms with E-state index in [-0.39, 0.29) is 30.6 Å². The van der Waals surface area contributed by atoms with Crippen LogP contribution in [0.1, 0.15) is 17.8 Å². The summed E-state index contributed by atoms with van der Waals surface area (Å²) in [5.74, 6) is -0.564. The van der Waals surface area contributed by atoms with Gasteiger partial charge in [-0.3, -0.25) is 9.59 Å². The van der Waals surface area contributed by atoms with Crippen LogP contribution in [0.4, 0.5) is 21.7 Å². The smallest absolute Gasteiger partial charge is 0.229 e. The van der Waals surface area contributed by atoms with Gasteiger partial charge in [-0.25, -0.2) is 14.4 Å². The third kappa shape index (κ3) is 4.51. The van der Waals surface area contributed by atoms with Crippen molar-refractivity contribution in [3.05, 3.63) is 41.5 Å². The monoisotopic (exact) mass is 426 g/mol. The highest BCUT2D eigenvalue weighted by atomic mass is 19.1. The molecule has 2 saturated heterocycles. The number of piperazine rings is 1. The van der Waals surface area contributed by atoms with Crippen molar-refractivity contribution >= 4 is 29.1 Å². The fraction of sp³-hybridized carbons (Fsp3) is 0.455. The molecule has 0 spiro atoms. The Balaban J connectivity index is 1.45. The number of benzene rings is 1. The molecule has 4 rings (SSSR count). The number of hydrogen-bond donors (Lipinski definition) is 1. The van der Waals surface area contributed by atoms with Crippen LogP contribution in [0.2, 0.25) is 0 Å². The highest BCUT2D eigenvalue weighted by molar-refractivity contribution is 6.03. The van der Waals surface area contributed by atoms with E-state index < -0.39 is 5.92 Å². The van der Waals surface area contributed by atoms with Gasteiger partial charge in [-0.05, 0) is 45.2 Å². The van der Waals surface area contributed by atoms with Gasteiger partial charge in [0.25, 0.3) is 0 Å². The second-order valence-corrected chi connectivity index (χ2v) is 8.23. The van der Waals surface area contributed by atoms with Crippen LogP contribution in [0, 0.1) is 25.6 Å². The van der Waals surface area contributed by atoms with Crippen molar-refractivity contribution in [2.24, 2.45) is 5.92 Å².